The fraction of sp³-hybridized carbons (Fsp3) is 0.455. The van der Waals surface area contributed by atoms with Crippen molar-refractivity contribution in [2.24, 2.45) is 0 Å². The van der Waals surface area contributed by atoms with E-state index in [2.05, 4.69) is 36.5 Å². The Balaban J connectivity index is 0.000000180. The largest absolute Gasteiger partial charge is 0.496 e. The number of anilines is 2. The van der Waals surface area contributed by atoms with Gasteiger partial charge in [0.05, 0.1) is 11.2 Å². The monoisotopic (exact) mass is 530 g/mol. The Kier molecular flexibility index (Phi) is 6.84. The number of pyridine rings is 2. The van der Waals surface area contributed by atoms with Crippen LogP contribution in [0.5, 0.6) is 0 Å². The minimum absolute atomic E-state index is 0.0742. The first-order chi connectivity index (χ1) is 16.1. The average molecular weight is 531 g/mol. The summed E-state index contributed by atoms with van der Waals surface area (Å²) in [5.41, 5.74) is 0.119. The lowest BCUT2D eigenvalue weighted by Crippen LogP contribution is -2.41. The molecule has 3 aliphatic rings. The number of nitrogens with one attached hydrogen (secondary N) is 2. The SMILES string of the molecule is CC1(C)OB(c2ccc(N3CCNC3=O)nc2)OC1(C)C.O=C1NCCN1c1ccc(Br)cn1. The van der Waals surface area contributed by atoms with Gasteiger partial charge in [0.25, 0.3) is 0 Å². The summed E-state index contributed by atoms with van der Waals surface area (Å²) >= 11 is 3.29. The molecule has 0 saturated carbocycles. The van der Waals surface area contributed by atoms with Gasteiger partial charge in [-0.15, -0.1) is 0 Å². The molecule has 2 aromatic rings. The van der Waals surface area contributed by atoms with Gasteiger partial charge in [-0.3, -0.25) is 9.80 Å². The number of nitrogens with zero attached hydrogens (tertiary/aromatic N) is 4. The highest BCUT2D eigenvalue weighted by Gasteiger charge is 2.51. The minimum Gasteiger partial charge on any atom is -0.399 e. The lowest BCUT2D eigenvalue weighted by atomic mass is 9.80. The normalized spacial score (nSPS) is 20.7. The van der Waals surface area contributed by atoms with Crippen molar-refractivity contribution in [2.45, 2.75) is 38.9 Å². The molecule has 0 aromatic carbocycles. The first-order valence-corrected chi connectivity index (χ1v) is 11.9. The third kappa shape index (κ3) is 5.03. The second-order valence-electron chi connectivity index (χ2n) is 9.14. The Hall–Kier alpha value is -2.70. The summed E-state index contributed by atoms with van der Waals surface area (Å²) in [6.07, 6.45) is 3.39. The molecule has 3 aliphatic heterocycles. The van der Waals surface area contributed by atoms with Crippen molar-refractivity contribution in [3.05, 3.63) is 41.1 Å². The van der Waals surface area contributed by atoms with Crippen LogP contribution >= 0.6 is 15.9 Å². The van der Waals surface area contributed by atoms with Gasteiger partial charge >= 0.3 is 19.2 Å². The zero-order valence-electron chi connectivity index (χ0n) is 19.7. The molecule has 0 spiro atoms. The molecule has 0 unspecified atom stereocenters. The van der Waals surface area contributed by atoms with Crippen molar-refractivity contribution in [1.82, 2.24) is 20.6 Å². The molecule has 0 radical (unpaired) electrons. The molecule has 10 nitrogen and oxygen atoms in total. The van der Waals surface area contributed by atoms with Gasteiger partial charge in [0.15, 0.2) is 0 Å². The summed E-state index contributed by atoms with van der Waals surface area (Å²) in [6, 6.07) is 7.23. The molecule has 0 atom stereocenters. The summed E-state index contributed by atoms with van der Waals surface area (Å²) in [5, 5.41) is 5.47. The second kappa shape index (κ2) is 9.51. The highest BCUT2D eigenvalue weighted by atomic mass is 79.9. The Bertz CT molecular complexity index is 1030. The molecule has 2 N–H and O–H groups in total. The standard InChI is InChI=1S/C14H20BN3O3.C8H8BrN3O/c1-13(2)14(3,4)21-15(20-13)10-5-6-11(17-9-10)18-8-7-16-12(18)19;9-6-1-2-7(11-5-6)12-4-3-10-8(12)13/h5-6,9H,7-8H2,1-4H3,(H,16,19);1-2,5H,3-4H2,(H,10,13). The van der Waals surface area contributed by atoms with E-state index in [0.717, 1.165) is 9.94 Å². The number of hydrogen-bond acceptors (Lipinski definition) is 6. The molecule has 4 amide bonds. The number of amides is 4. The molecule has 3 saturated heterocycles. The van der Waals surface area contributed by atoms with Crippen LogP contribution in [0.2, 0.25) is 0 Å². The molecular formula is C22H28BBrN6O4. The molecule has 180 valence electrons. The van der Waals surface area contributed by atoms with Crippen molar-refractivity contribution in [2.75, 3.05) is 36.0 Å². The second-order valence-corrected chi connectivity index (χ2v) is 10.1. The first-order valence-electron chi connectivity index (χ1n) is 11.1. The van der Waals surface area contributed by atoms with Gasteiger partial charge in [-0.05, 0) is 61.8 Å². The summed E-state index contributed by atoms with van der Waals surface area (Å²) in [7, 11) is -0.427. The maximum atomic E-state index is 11.6. The predicted molar refractivity (Wildman–Crippen MR) is 133 cm³/mol. The maximum absolute atomic E-state index is 11.6. The van der Waals surface area contributed by atoms with Gasteiger partial charge in [-0.2, -0.15) is 0 Å². The van der Waals surface area contributed by atoms with Crippen LogP contribution in [0.1, 0.15) is 27.7 Å². The molecule has 3 fully saturated rings. The van der Waals surface area contributed by atoms with Crippen molar-refractivity contribution in [3.8, 4) is 0 Å². The van der Waals surface area contributed by atoms with Crippen LogP contribution < -0.4 is 25.9 Å². The van der Waals surface area contributed by atoms with E-state index in [-0.39, 0.29) is 23.3 Å². The van der Waals surface area contributed by atoms with Crippen LogP contribution in [0.3, 0.4) is 0 Å². The van der Waals surface area contributed by atoms with E-state index in [9.17, 15) is 9.59 Å². The van der Waals surface area contributed by atoms with Gasteiger partial charge in [0.1, 0.15) is 11.6 Å². The van der Waals surface area contributed by atoms with Gasteiger partial charge in [-0.1, -0.05) is 6.07 Å². The fourth-order valence-corrected chi connectivity index (χ4v) is 3.82. The van der Waals surface area contributed by atoms with Gasteiger partial charge in [-0.25, -0.2) is 19.6 Å². The number of carbonyl (C=O) groups is 2. The van der Waals surface area contributed by atoms with Crippen molar-refractivity contribution < 1.29 is 18.9 Å². The zero-order chi connectivity index (χ0) is 24.5. The van der Waals surface area contributed by atoms with E-state index in [1.807, 2.05) is 52.0 Å². The lowest BCUT2D eigenvalue weighted by Gasteiger charge is -2.32. The van der Waals surface area contributed by atoms with E-state index in [0.29, 0.717) is 37.8 Å². The number of aromatic nitrogens is 2. The minimum atomic E-state index is -0.427. The van der Waals surface area contributed by atoms with E-state index < -0.39 is 7.12 Å². The molecule has 2 aromatic heterocycles. The van der Waals surface area contributed by atoms with Crippen molar-refractivity contribution >= 4 is 52.2 Å². The highest BCUT2D eigenvalue weighted by molar-refractivity contribution is 9.10. The number of halogens is 1. The lowest BCUT2D eigenvalue weighted by molar-refractivity contribution is 0.00578. The van der Waals surface area contributed by atoms with Crippen LogP contribution in [-0.2, 0) is 9.31 Å². The van der Waals surface area contributed by atoms with Crippen LogP contribution in [0, 0.1) is 0 Å². The Morgan fingerprint density at radius 3 is 1.74 bits per heavy atom. The average Bonchev–Trinajstić information content (AvgIpc) is 3.47. The number of urea groups is 2. The first kappa shape index (κ1) is 24.4. The number of hydrogen-bond donors (Lipinski definition) is 2. The Labute approximate surface area is 207 Å². The van der Waals surface area contributed by atoms with Crippen LogP contribution in [0.15, 0.2) is 41.1 Å². The molecule has 0 bridgehead atoms. The maximum Gasteiger partial charge on any atom is 0.496 e. The zero-order valence-corrected chi connectivity index (χ0v) is 21.3. The summed E-state index contributed by atoms with van der Waals surface area (Å²) < 4.78 is 12.9. The Morgan fingerprint density at radius 1 is 0.853 bits per heavy atom. The number of rotatable bonds is 3. The fourth-order valence-electron chi connectivity index (χ4n) is 3.58. The summed E-state index contributed by atoms with van der Waals surface area (Å²) in [4.78, 5) is 34.6. The molecule has 5 rings (SSSR count). The predicted octanol–water partition coefficient (Wildman–Crippen LogP) is 2.28. The molecule has 34 heavy (non-hydrogen) atoms. The van der Waals surface area contributed by atoms with Gasteiger partial charge in [0.2, 0.25) is 0 Å². The summed E-state index contributed by atoms with van der Waals surface area (Å²) in [5.74, 6) is 1.34. The molecule has 5 heterocycles. The van der Waals surface area contributed by atoms with Gasteiger partial charge in [0, 0.05) is 48.5 Å². The van der Waals surface area contributed by atoms with Crippen LogP contribution in [0.25, 0.3) is 0 Å². The topological polar surface area (TPSA) is 109 Å². The quantitative estimate of drug-likeness (QED) is 0.589. The van der Waals surface area contributed by atoms with Crippen LogP contribution in [0.4, 0.5) is 21.2 Å². The van der Waals surface area contributed by atoms with E-state index in [1.54, 1.807) is 22.2 Å². The number of carbonyl (C=O) groups excluding carboxylic acids is 2. The smallest absolute Gasteiger partial charge is 0.399 e. The summed E-state index contributed by atoms with van der Waals surface area (Å²) in [6.45, 7) is 10.7. The Morgan fingerprint density at radius 2 is 1.35 bits per heavy atom. The van der Waals surface area contributed by atoms with E-state index in [1.165, 1.54) is 0 Å². The molecule has 0 aliphatic carbocycles. The van der Waals surface area contributed by atoms with Crippen molar-refractivity contribution in [1.29, 1.82) is 0 Å². The van der Waals surface area contributed by atoms with Gasteiger partial charge < -0.3 is 19.9 Å². The van der Waals surface area contributed by atoms with Crippen LogP contribution in [-0.4, -0.2) is 66.5 Å². The molecular weight excluding hydrogens is 503 g/mol. The van der Waals surface area contributed by atoms with Crippen molar-refractivity contribution in [3.63, 3.8) is 0 Å². The third-order valence-electron chi connectivity index (χ3n) is 6.27. The molecule has 12 heteroatoms. The van der Waals surface area contributed by atoms with E-state index >= 15 is 0 Å². The highest BCUT2D eigenvalue weighted by Crippen LogP contribution is 2.36. The third-order valence-corrected chi connectivity index (χ3v) is 6.74. The van der Waals surface area contributed by atoms with E-state index in [4.69, 9.17) is 9.31 Å².